The van der Waals surface area contributed by atoms with E-state index >= 15 is 0 Å². The number of nitriles is 1. The Hall–Kier alpha value is -3.56. The second-order valence-corrected chi connectivity index (χ2v) is 11.6. The molecule has 2 amide bonds. The first kappa shape index (κ1) is 27.5. The molecule has 1 aliphatic heterocycles. The third-order valence-electron chi connectivity index (χ3n) is 7.20. The Labute approximate surface area is 229 Å². The smallest absolute Gasteiger partial charge is 0.410 e. The molecule has 6 nitrogen and oxygen atoms in total. The molecular weight excluding hydrogens is 498 g/mol. The Morgan fingerprint density at radius 1 is 1.11 bits per heavy atom. The van der Waals surface area contributed by atoms with Gasteiger partial charge in [0, 0.05) is 29.9 Å². The van der Waals surface area contributed by atoms with Crippen molar-refractivity contribution < 1.29 is 14.3 Å². The van der Waals surface area contributed by atoms with Crippen LogP contribution in [0.1, 0.15) is 69.7 Å². The highest BCUT2D eigenvalue weighted by Crippen LogP contribution is 2.40. The maximum atomic E-state index is 13.5. The maximum Gasteiger partial charge on any atom is 0.410 e. The van der Waals surface area contributed by atoms with Crippen LogP contribution in [0.5, 0.6) is 0 Å². The third kappa shape index (κ3) is 6.28. The van der Waals surface area contributed by atoms with Gasteiger partial charge in [-0.15, -0.1) is 0 Å². The maximum absolute atomic E-state index is 13.5. The molecule has 1 aliphatic rings. The van der Waals surface area contributed by atoms with Crippen LogP contribution in [0, 0.1) is 11.3 Å². The highest BCUT2D eigenvalue weighted by molar-refractivity contribution is 6.31. The summed E-state index contributed by atoms with van der Waals surface area (Å²) < 4.78 is 5.57. The van der Waals surface area contributed by atoms with E-state index in [2.05, 4.69) is 11.4 Å². The predicted molar refractivity (Wildman–Crippen MR) is 150 cm³/mol. The molecule has 3 aromatic rings. The van der Waals surface area contributed by atoms with Gasteiger partial charge in [-0.05, 0) is 86.7 Å². The lowest BCUT2D eigenvalue weighted by molar-refractivity contribution is -0.123. The summed E-state index contributed by atoms with van der Waals surface area (Å²) in [6.45, 7) is 8.49. The van der Waals surface area contributed by atoms with Crippen molar-refractivity contribution in [3.63, 3.8) is 0 Å². The van der Waals surface area contributed by atoms with Crippen LogP contribution in [0.4, 0.5) is 4.79 Å². The number of nitrogens with zero attached hydrogens (tertiary/aromatic N) is 2. The lowest BCUT2D eigenvalue weighted by Crippen LogP contribution is -2.48. The Bertz CT molecular complexity index is 1360. The van der Waals surface area contributed by atoms with Gasteiger partial charge in [0.1, 0.15) is 5.60 Å². The van der Waals surface area contributed by atoms with Crippen molar-refractivity contribution in [2.45, 2.75) is 64.0 Å². The van der Waals surface area contributed by atoms with Gasteiger partial charge in [-0.2, -0.15) is 5.26 Å². The van der Waals surface area contributed by atoms with E-state index < -0.39 is 11.0 Å². The van der Waals surface area contributed by atoms with Crippen molar-refractivity contribution in [2.24, 2.45) is 0 Å². The minimum Gasteiger partial charge on any atom is -0.444 e. The molecule has 1 unspecified atom stereocenters. The number of ether oxygens (including phenoxy) is 1. The van der Waals surface area contributed by atoms with Gasteiger partial charge in [0.25, 0.3) is 0 Å². The predicted octanol–water partition coefficient (Wildman–Crippen LogP) is 6.90. The van der Waals surface area contributed by atoms with E-state index in [-0.39, 0.29) is 24.5 Å². The molecule has 38 heavy (non-hydrogen) atoms. The zero-order valence-corrected chi connectivity index (χ0v) is 23.1. The first-order valence-electron chi connectivity index (χ1n) is 13.0. The quantitative estimate of drug-likeness (QED) is 0.388. The van der Waals surface area contributed by atoms with Crippen LogP contribution in [-0.4, -0.2) is 35.6 Å². The highest BCUT2D eigenvalue weighted by atomic mass is 35.5. The van der Waals surface area contributed by atoms with Gasteiger partial charge in [-0.1, -0.05) is 48.0 Å². The summed E-state index contributed by atoms with van der Waals surface area (Å²) in [5.41, 5.74) is 1.50. The van der Waals surface area contributed by atoms with Crippen LogP contribution < -0.4 is 5.32 Å². The van der Waals surface area contributed by atoms with E-state index in [1.165, 1.54) is 0 Å². The number of benzene rings is 3. The molecule has 0 spiro atoms. The van der Waals surface area contributed by atoms with E-state index in [0.29, 0.717) is 36.5 Å². The molecule has 0 aromatic heterocycles. The minimum absolute atomic E-state index is 0.0726. The number of hydrogen-bond donors (Lipinski definition) is 1. The van der Waals surface area contributed by atoms with E-state index in [1.54, 1.807) is 17.0 Å². The number of likely N-dealkylation sites (tertiary alicyclic amines) is 1. The van der Waals surface area contributed by atoms with E-state index in [9.17, 15) is 14.9 Å². The summed E-state index contributed by atoms with van der Waals surface area (Å²) in [5, 5.41) is 15.2. The summed E-state index contributed by atoms with van der Waals surface area (Å²) in [4.78, 5) is 27.9. The number of halogens is 1. The van der Waals surface area contributed by atoms with Crippen LogP contribution >= 0.6 is 11.6 Å². The largest absolute Gasteiger partial charge is 0.444 e. The Morgan fingerprint density at radius 2 is 1.76 bits per heavy atom. The number of fused-ring (bicyclic) bond motifs is 1. The molecule has 1 heterocycles. The zero-order valence-electron chi connectivity index (χ0n) is 22.4. The average Bonchev–Trinajstić information content (AvgIpc) is 2.87. The molecule has 4 rings (SSSR count). The lowest BCUT2D eigenvalue weighted by Gasteiger charge is -2.42. The summed E-state index contributed by atoms with van der Waals surface area (Å²) in [6, 6.07) is 21.2. The molecule has 1 N–H and O–H groups in total. The van der Waals surface area contributed by atoms with E-state index in [1.807, 2.05) is 76.2 Å². The second-order valence-electron chi connectivity index (χ2n) is 11.1. The van der Waals surface area contributed by atoms with Crippen molar-refractivity contribution in [3.05, 3.63) is 82.4 Å². The molecule has 0 radical (unpaired) electrons. The number of amides is 2. The topological polar surface area (TPSA) is 82.4 Å². The van der Waals surface area contributed by atoms with Gasteiger partial charge in [0.2, 0.25) is 5.91 Å². The summed E-state index contributed by atoms with van der Waals surface area (Å²) in [5.74, 6) is -0.0726. The van der Waals surface area contributed by atoms with Crippen molar-refractivity contribution in [3.8, 4) is 6.07 Å². The van der Waals surface area contributed by atoms with Gasteiger partial charge in [0.05, 0.1) is 17.7 Å². The van der Waals surface area contributed by atoms with E-state index in [4.69, 9.17) is 16.3 Å². The molecule has 1 fully saturated rings. The van der Waals surface area contributed by atoms with Crippen molar-refractivity contribution in [1.29, 1.82) is 5.26 Å². The number of piperidine rings is 1. The van der Waals surface area contributed by atoms with Crippen molar-refractivity contribution >= 4 is 34.4 Å². The fourth-order valence-corrected chi connectivity index (χ4v) is 5.48. The van der Waals surface area contributed by atoms with Crippen LogP contribution in [0.3, 0.4) is 0 Å². The molecule has 1 saturated heterocycles. The third-order valence-corrected chi connectivity index (χ3v) is 7.42. The van der Waals surface area contributed by atoms with Crippen molar-refractivity contribution in [1.82, 2.24) is 10.2 Å². The van der Waals surface area contributed by atoms with Crippen LogP contribution in [0.25, 0.3) is 10.8 Å². The SMILES string of the molecule is CC(NC(=O)CC1(c2ccc(C#N)cc2)CCN(C(=O)OC(C)(C)C)CC1)c1cc(Cl)cc2ccccc12. The fraction of sp³-hybridized carbons (Fsp3) is 0.387. The number of hydrogen-bond acceptors (Lipinski definition) is 4. The van der Waals surface area contributed by atoms with Gasteiger partial charge in [0.15, 0.2) is 0 Å². The van der Waals surface area contributed by atoms with Crippen molar-refractivity contribution in [2.75, 3.05) is 13.1 Å². The molecule has 0 saturated carbocycles. The molecule has 7 heteroatoms. The minimum atomic E-state index is -0.570. The van der Waals surface area contributed by atoms with E-state index in [0.717, 1.165) is 21.9 Å². The number of carbonyl (C=O) groups is 2. The molecule has 1 atom stereocenters. The first-order chi connectivity index (χ1) is 18.0. The molecule has 0 bridgehead atoms. The van der Waals surface area contributed by atoms with Gasteiger partial charge < -0.3 is 15.0 Å². The van der Waals surface area contributed by atoms with Crippen LogP contribution in [0.2, 0.25) is 5.02 Å². The summed E-state index contributed by atoms with van der Waals surface area (Å²) >= 11 is 6.39. The Balaban J connectivity index is 1.55. The van der Waals surface area contributed by atoms with Gasteiger partial charge in [-0.3, -0.25) is 4.79 Å². The Kier molecular flexibility index (Phi) is 7.99. The molecule has 0 aliphatic carbocycles. The standard InChI is InChI=1S/C31H34ClN3O3/c1-21(27-18-25(32)17-23-7-5-6-8-26(23)27)34-28(36)19-31(24-11-9-22(20-33)10-12-24)13-15-35(16-14-31)29(37)38-30(2,3)4/h5-12,17-18,21H,13-16,19H2,1-4H3,(H,34,36). The number of nitrogens with one attached hydrogen (secondary N) is 1. The van der Waals surface area contributed by atoms with Gasteiger partial charge in [-0.25, -0.2) is 4.79 Å². The molecule has 3 aromatic carbocycles. The van der Waals surface area contributed by atoms with Crippen LogP contribution in [-0.2, 0) is 14.9 Å². The highest BCUT2D eigenvalue weighted by Gasteiger charge is 2.40. The fourth-order valence-electron chi connectivity index (χ4n) is 5.25. The normalized spacial score (nSPS) is 15.9. The number of rotatable bonds is 5. The monoisotopic (exact) mass is 531 g/mol. The Morgan fingerprint density at radius 3 is 2.39 bits per heavy atom. The summed E-state index contributed by atoms with van der Waals surface area (Å²) in [6.07, 6.45) is 1.15. The van der Waals surface area contributed by atoms with Gasteiger partial charge >= 0.3 is 6.09 Å². The van der Waals surface area contributed by atoms with Crippen LogP contribution in [0.15, 0.2) is 60.7 Å². The molecular formula is C31H34ClN3O3. The molecule has 198 valence electrons. The second kappa shape index (κ2) is 11.0. The summed E-state index contributed by atoms with van der Waals surface area (Å²) in [7, 11) is 0. The first-order valence-corrected chi connectivity index (χ1v) is 13.3. The average molecular weight is 532 g/mol. The lowest BCUT2D eigenvalue weighted by atomic mass is 9.70. The number of carbonyl (C=O) groups excluding carboxylic acids is 2. The zero-order chi connectivity index (χ0) is 27.5.